The highest BCUT2D eigenvalue weighted by atomic mass is 35.5. The van der Waals surface area contributed by atoms with E-state index in [-0.39, 0.29) is 5.78 Å². The van der Waals surface area contributed by atoms with E-state index in [0.717, 1.165) is 43.2 Å². The molecule has 158 valence electrons. The second-order valence-corrected chi connectivity index (χ2v) is 7.91. The molecule has 1 aliphatic heterocycles. The lowest BCUT2D eigenvalue weighted by Gasteiger charge is -2.37. The fraction of sp³-hybridized carbons (Fsp3) is 0.192. The third-order valence-corrected chi connectivity index (χ3v) is 5.76. The number of hydrogen-bond donors (Lipinski definition) is 0. The van der Waals surface area contributed by atoms with Gasteiger partial charge in [-0.15, -0.1) is 0 Å². The van der Waals surface area contributed by atoms with Crippen LogP contribution in [0.4, 0.5) is 11.4 Å². The Morgan fingerprint density at radius 1 is 0.871 bits per heavy atom. The number of halogens is 1. The Bertz CT molecular complexity index is 1050. The molecule has 0 aliphatic carbocycles. The van der Waals surface area contributed by atoms with Crippen LogP contribution < -0.4 is 14.5 Å². The highest BCUT2D eigenvalue weighted by Crippen LogP contribution is 2.24. The van der Waals surface area contributed by atoms with Gasteiger partial charge in [0.2, 0.25) is 0 Å². The smallest absolute Gasteiger partial charge is 0.185 e. The third-order valence-electron chi connectivity index (χ3n) is 5.51. The summed E-state index contributed by atoms with van der Waals surface area (Å²) in [5, 5.41) is 0.684. The molecule has 0 aromatic heterocycles. The van der Waals surface area contributed by atoms with Crippen LogP contribution in [0, 0.1) is 0 Å². The van der Waals surface area contributed by atoms with Gasteiger partial charge in [-0.2, -0.15) is 0 Å². The largest absolute Gasteiger partial charge is 0.497 e. The van der Waals surface area contributed by atoms with Gasteiger partial charge in [-0.05, 0) is 60.2 Å². The van der Waals surface area contributed by atoms with Gasteiger partial charge in [0, 0.05) is 54.2 Å². The Hall–Kier alpha value is -3.24. The minimum atomic E-state index is -0.00987. The van der Waals surface area contributed by atoms with E-state index in [1.807, 2.05) is 66.7 Å². The Morgan fingerprint density at radius 2 is 1.52 bits per heavy atom. The summed E-state index contributed by atoms with van der Waals surface area (Å²) in [5.41, 5.74) is 3.96. The first-order chi connectivity index (χ1) is 15.1. The van der Waals surface area contributed by atoms with Crippen molar-refractivity contribution in [1.82, 2.24) is 0 Å². The topological polar surface area (TPSA) is 32.8 Å². The second-order valence-electron chi connectivity index (χ2n) is 7.47. The molecule has 3 aromatic carbocycles. The molecule has 0 radical (unpaired) electrons. The molecule has 0 saturated carbocycles. The SMILES string of the molecule is COc1cccc(N2CCN(c3ccc(C(=O)/C=C/c4ccc(Cl)cc4)cc3)CC2)c1. The molecule has 1 heterocycles. The minimum Gasteiger partial charge on any atom is -0.497 e. The van der Waals surface area contributed by atoms with Crippen molar-refractivity contribution in [3.05, 3.63) is 95.0 Å². The summed E-state index contributed by atoms with van der Waals surface area (Å²) < 4.78 is 5.34. The van der Waals surface area contributed by atoms with E-state index < -0.39 is 0 Å². The zero-order valence-corrected chi connectivity index (χ0v) is 18.3. The molecule has 1 aliphatic rings. The van der Waals surface area contributed by atoms with Gasteiger partial charge in [-0.25, -0.2) is 0 Å². The quantitative estimate of drug-likeness (QED) is 0.376. The van der Waals surface area contributed by atoms with E-state index in [1.54, 1.807) is 13.2 Å². The van der Waals surface area contributed by atoms with Crippen LogP contribution in [0.1, 0.15) is 15.9 Å². The zero-order valence-electron chi connectivity index (χ0n) is 17.5. The number of nitrogens with zero attached hydrogens (tertiary/aromatic N) is 2. The van der Waals surface area contributed by atoms with Crippen molar-refractivity contribution in [2.24, 2.45) is 0 Å². The maximum absolute atomic E-state index is 12.5. The minimum absolute atomic E-state index is 0.00987. The Morgan fingerprint density at radius 3 is 2.16 bits per heavy atom. The first-order valence-electron chi connectivity index (χ1n) is 10.3. The average Bonchev–Trinajstić information content (AvgIpc) is 2.84. The molecule has 4 nitrogen and oxygen atoms in total. The van der Waals surface area contributed by atoms with Gasteiger partial charge in [0.25, 0.3) is 0 Å². The Kier molecular flexibility index (Phi) is 6.58. The number of ketones is 1. The molecular formula is C26H25ClN2O2. The number of rotatable bonds is 6. The molecule has 1 saturated heterocycles. The highest BCUT2D eigenvalue weighted by molar-refractivity contribution is 6.30. The van der Waals surface area contributed by atoms with Crippen molar-refractivity contribution in [2.45, 2.75) is 0 Å². The molecule has 0 amide bonds. The van der Waals surface area contributed by atoms with Crippen LogP contribution in [0.3, 0.4) is 0 Å². The maximum atomic E-state index is 12.5. The first-order valence-corrected chi connectivity index (χ1v) is 10.7. The van der Waals surface area contributed by atoms with Crippen LogP contribution in [-0.2, 0) is 0 Å². The lowest BCUT2D eigenvalue weighted by atomic mass is 10.1. The van der Waals surface area contributed by atoms with Crippen LogP contribution in [0.2, 0.25) is 5.02 Å². The number of piperazine rings is 1. The van der Waals surface area contributed by atoms with Crippen molar-refractivity contribution < 1.29 is 9.53 Å². The third kappa shape index (κ3) is 5.28. The van der Waals surface area contributed by atoms with Crippen LogP contribution in [0.25, 0.3) is 6.08 Å². The second kappa shape index (κ2) is 9.71. The van der Waals surface area contributed by atoms with E-state index in [2.05, 4.69) is 21.9 Å². The summed E-state index contributed by atoms with van der Waals surface area (Å²) in [6.45, 7) is 3.75. The number of ether oxygens (including phenoxy) is 1. The highest BCUT2D eigenvalue weighted by Gasteiger charge is 2.18. The Labute approximate surface area is 188 Å². The molecule has 0 spiro atoms. The number of carbonyl (C=O) groups is 1. The van der Waals surface area contributed by atoms with Crippen LogP contribution in [-0.4, -0.2) is 39.1 Å². The van der Waals surface area contributed by atoms with E-state index in [9.17, 15) is 4.79 Å². The zero-order chi connectivity index (χ0) is 21.6. The summed E-state index contributed by atoms with van der Waals surface area (Å²) in [6, 6.07) is 23.5. The van der Waals surface area contributed by atoms with Crippen LogP contribution in [0.5, 0.6) is 5.75 Å². The molecule has 31 heavy (non-hydrogen) atoms. The first kappa shape index (κ1) is 21.0. The van der Waals surface area contributed by atoms with Gasteiger partial charge in [0.15, 0.2) is 5.78 Å². The molecular weight excluding hydrogens is 408 g/mol. The van der Waals surface area contributed by atoms with Crippen molar-refractivity contribution in [3.63, 3.8) is 0 Å². The number of allylic oxidation sites excluding steroid dienone is 1. The molecule has 0 N–H and O–H groups in total. The summed E-state index contributed by atoms with van der Waals surface area (Å²) in [5.74, 6) is 0.870. The lowest BCUT2D eigenvalue weighted by Crippen LogP contribution is -2.46. The molecule has 5 heteroatoms. The van der Waals surface area contributed by atoms with E-state index in [0.29, 0.717) is 10.6 Å². The summed E-state index contributed by atoms with van der Waals surface area (Å²) in [4.78, 5) is 17.2. The predicted molar refractivity (Wildman–Crippen MR) is 129 cm³/mol. The van der Waals surface area contributed by atoms with Gasteiger partial charge in [-0.3, -0.25) is 4.79 Å². The maximum Gasteiger partial charge on any atom is 0.185 e. The van der Waals surface area contributed by atoms with Gasteiger partial charge in [0.05, 0.1) is 7.11 Å². The summed E-state index contributed by atoms with van der Waals surface area (Å²) >= 11 is 5.90. The fourth-order valence-electron chi connectivity index (χ4n) is 3.71. The predicted octanol–water partition coefficient (Wildman–Crippen LogP) is 5.57. The number of benzene rings is 3. The van der Waals surface area contributed by atoms with Crippen molar-refractivity contribution in [1.29, 1.82) is 0 Å². The Balaban J connectivity index is 1.35. The van der Waals surface area contributed by atoms with Crippen LogP contribution in [0.15, 0.2) is 78.9 Å². The van der Waals surface area contributed by atoms with Gasteiger partial charge in [-0.1, -0.05) is 35.9 Å². The monoisotopic (exact) mass is 432 g/mol. The average molecular weight is 433 g/mol. The van der Waals surface area contributed by atoms with Crippen molar-refractivity contribution in [2.75, 3.05) is 43.1 Å². The fourth-order valence-corrected chi connectivity index (χ4v) is 3.83. The molecule has 0 unspecified atom stereocenters. The van der Waals surface area contributed by atoms with Crippen LogP contribution >= 0.6 is 11.6 Å². The van der Waals surface area contributed by atoms with E-state index in [4.69, 9.17) is 16.3 Å². The van der Waals surface area contributed by atoms with Gasteiger partial charge < -0.3 is 14.5 Å². The van der Waals surface area contributed by atoms with E-state index in [1.165, 1.54) is 5.69 Å². The molecule has 0 atom stereocenters. The summed E-state index contributed by atoms with van der Waals surface area (Å²) in [6.07, 6.45) is 3.41. The van der Waals surface area contributed by atoms with Gasteiger partial charge >= 0.3 is 0 Å². The van der Waals surface area contributed by atoms with E-state index >= 15 is 0 Å². The van der Waals surface area contributed by atoms with Gasteiger partial charge in [0.1, 0.15) is 5.75 Å². The number of carbonyl (C=O) groups excluding carboxylic acids is 1. The molecule has 4 rings (SSSR count). The molecule has 1 fully saturated rings. The van der Waals surface area contributed by atoms with Crippen molar-refractivity contribution >= 4 is 34.8 Å². The molecule has 0 bridgehead atoms. The number of anilines is 2. The number of methoxy groups -OCH3 is 1. The van der Waals surface area contributed by atoms with Crippen molar-refractivity contribution in [3.8, 4) is 5.75 Å². The summed E-state index contributed by atoms with van der Waals surface area (Å²) in [7, 11) is 1.69. The lowest BCUT2D eigenvalue weighted by molar-refractivity contribution is 0.104. The standard InChI is InChI=1S/C26H25ClN2O2/c1-31-25-4-2-3-24(19-25)29-17-15-28(16-18-29)23-12-8-21(9-13-23)26(30)14-7-20-5-10-22(27)11-6-20/h2-14,19H,15-18H2,1H3/b14-7+. The normalized spacial score (nSPS) is 14.1. The number of hydrogen-bond acceptors (Lipinski definition) is 4. The molecule has 3 aromatic rings.